The lowest BCUT2D eigenvalue weighted by molar-refractivity contribution is -0.138. The van der Waals surface area contributed by atoms with Crippen LogP contribution in [0, 0.1) is 6.08 Å². The molecule has 0 saturated carbocycles. The Kier molecular flexibility index (Phi) is 18.2. The monoisotopic (exact) mass is 786 g/mol. The molecule has 0 amide bonds. The van der Waals surface area contributed by atoms with Gasteiger partial charge in [0.05, 0.1) is 33.8 Å². The summed E-state index contributed by atoms with van der Waals surface area (Å²) in [4.78, 5) is 56.3. The highest BCUT2D eigenvalue weighted by Gasteiger charge is 2.61. The molecule has 0 aromatic heterocycles. The van der Waals surface area contributed by atoms with Crippen LogP contribution in [0.4, 0.5) is 0 Å². The number of hydrogen-bond acceptors (Lipinski definition) is 13. The summed E-state index contributed by atoms with van der Waals surface area (Å²) in [5, 5.41) is -0.122. The average molecular weight is 787 g/mol. The number of esters is 4. The van der Waals surface area contributed by atoms with Crippen LogP contribution in [-0.4, -0.2) is 125 Å². The van der Waals surface area contributed by atoms with Gasteiger partial charge in [-0.3, -0.25) is 4.79 Å². The zero-order chi connectivity index (χ0) is 41.5. The van der Waals surface area contributed by atoms with Gasteiger partial charge in [0.1, 0.15) is 18.2 Å². The number of hydrogen-bond donors (Lipinski definition) is 0. The largest absolute Gasteiger partial charge is 0.547 e. The minimum Gasteiger partial charge on any atom is -0.547 e. The Morgan fingerprint density at radius 3 is 1.25 bits per heavy atom. The summed E-state index contributed by atoms with van der Waals surface area (Å²) < 4.78 is 41.1. The zero-order valence-electron chi connectivity index (χ0n) is 36.0. The maximum Gasteiger partial charge on any atom is 0.343 e. The van der Waals surface area contributed by atoms with Crippen molar-refractivity contribution in [1.82, 2.24) is 18.7 Å². The minimum absolute atomic E-state index is 0.0512. The summed E-state index contributed by atoms with van der Waals surface area (Å²) >= 11 is 0. The summed E-state index contributed by atoms with van der Waals surface area (Å²) in [6.07, 6.45) is 2.72. The highest BCUT2D eigenvalue weighted by molar-refractivity contribution is 7.75. The van der Waals surface area contributed by atoms with Crippen molar-refractivity contribution in [2.45, 2.75) is 159 Å². The van der Waals surface area contributed by atoms with Crippen molar-refractivity contribution in [1.29, 1.82) is 0 Å². The second-order valence-electron chi connectivity index (χ2n) is 15.1. The molecule has 0 radical (unpaired) electrons. The molecule has 1 aliphatic rings. The Bertz CT molecular complexity index is 1410. The normalized spacial score (nSPS) is 16.4. The predicted molar refractivity (Wildman–Crippen MR) is 214 cm³/mol. The number of amidine groups is 1. The first kappa shape index (κ1) is 48.5. The molecular formula is C37H68N6O8P2. The van der Waals surface area contributed by atoms with Crippen LogP contribution >= 0.6 is 15.1 Å². The van der Waals surface area contributed by atoms with Gasteiger partial charge in [0.2, 0.25) is 17.8 Å². The van der Waals surface area contributed by atoms with Crippen molar-refractivity contribution < 1.29 is 38.1 Å². The Hall–Kier alpha value is -2.47. The minimum atomic E-state index is -3.83. The van der Waals surface area contributed by atoms with Crippen molar-refractivity contribution in [2.75, 3.05) is 28.4 Å². The van der Waals surface area contributed by atoms with E-state index >= 15 is 0 Å². The Morgan fingerprint density at radius 2 is 0.962 bits per heavy atom. The molecule has 0 bridgehead atoms. The number of carbonyl (C=O) groups is 4. The molecule has 1 heterocycles. The van der Waals surface area contributed by atoms with Crippen LogP contribution in [0.15, 0.2) is 25.7 Å². The molecular weight excluding hydrogens is 718 g/mol. The molecule has 1 rings (SSSR count). The van der Waals surface area contributed by atoms with Gasteiger partial charge in [-0.15, -0.1) is 15.4 Å². The van der Waals surface area contributed by atoms with E-state index in [1.54, 1.807) is 0 Å². The molecule has 53 heavy (non-hydrogen) atoms. The first-order valence-corrected chi connectivity index (χ1v) is 21.7. The lowest BCUT2D eigenvalue weighted by atomic mass is 10.2. The van der Waals surface area contributed by atoms with Crippen molar-refractivity contribution in [3.05, 3.63) is 22.3 Å². The molecule has 0 saturated heterocycles. The van der Waals surface area contributed by atoms with Crippen molar-refractivity contribution in [3.63, 3.8) is 0 Å². The highest BCUT2D eigenvalue weighted by Crippen LogP contribution is 2.77. The van der Waals surface area contributed by atoms with E-state index in [0.717, 1.165) is 0 Å². The second kappa shape index (κ2) is 19.9. The molecule has 0 unspecified atom stereocenters. The molecule has 0 spiro atoms. The third-order valence-corrected chi connectivity index (χ3v) is 17.7. The molecule has 0 fully saturated rings. The quantitative estimate of drug-likeness (QED) is 0.0452. The lowest BCUT2D eigenvalue weighted by Gasteiger charge is -2.50. The van der Waals surface area contributed by atoms with Gasteiger partial charge in [-0.1, -0.05) is 4.76 Å². The standard InChI is InChI=1S/C37H68N6O8P2/c1-22(2)40(23(3)4)52(41(24(5)6)25(7)8,30(35(45)49-18)21-31(44)48-17)38-34-32(36(46)50-19)33(37(47)51-20)53(39-34,42(26(9)10)27(11)12)43(28(13)14)29(15)16/h22-29H,1-20H3/b38-34+. The SMILES string of the molecule is COC(=O)[C-]=C(C(=O)OC)[P+](/N=C1/N=P(N(C(C)C)C(C)C)(N(C(C)C)C(C)C)C(C(=O)OC)=C1C(=O)OC)(N(C(C)C)C(C)C)N(C(C)C)C(C)C. The first-order valence-electron chi connectivity index (χ1n) is 18.4. The Morgan fingerprint density at radius 1 is 0.585 bits per heavy atom. The van der Waals surface area contributed by atoms with Gasteiger partial charge in [-0.2, -0.15) is 0 Å². The predicted octanol–water partition coefficient (Wildman–Crippen LogP) is 7.30. The van der Waals surface area contributed by atoms with Crippen molar-refractivity contribution in [3.8, 4) is 0 Å². The highest BCUT2D eigenvalue weighted by atomic mass is 31.2. The molecule has 14 nitrogen and oxygen atoms in total. The van der Waals surface area contributed by atoms with Gasteiger partial charge in [-0.25, -0.2) is 23.7 Å². The molecule has 1 aliphatic heterocycles. The summed E-state index contributed by atoms with van der Waals surface area (Å²) in [6.45, 7) is 32.0. The molecule has 304 valence electrons. The van der Waals surface area contributed by atoms with E-state index < -0.39 is 38.9 Å². The lowest BCUT2D eigenvalue weighted by Crippen LogP contribution is -2.49. The second-order valence-corrected chi connectivity index (χ2v) is 20.5. The van der Waals surface area contributed by atoms with Crippen LogP contribution in [-0.2, 0) is 38.1 Å². The number of ether oxygens (including phenoxy) is 4. The van der Waals surface area contributed by atoms with Crippen LogP contribution in [0.3, 0.4) is 0 Å². The summed E-state index contributed by atoms with van der Waals surface area (Å²) in [6, 6.07) is -1.84. The molecule has 16 heteroatoms. The third kappa shape index (κ3) is 9.68. The summed E-state index contributed by atoms with van der Waals surface area (Å²) in [5.74, 6) is -3.42. The van der Waals surface area contributed by atoms with E-state index in [1.165, 1.54) is 28.4 Å². The molecule has 0 aromatic rings. The summed E-state index contributed by atoms with van der Waals surface area (Å²) in [7, 11) is -2.37. The van der Waals surface area contributed by atoms with E-state index in [-0.39, 0.29) is 70.4 Å². The molecule has 0 aliphatic carbocycles. The maximum atomic E-state index is 14.5. The maximum absolute atomic E-state index is 14.5. The van der Waals surface area contributed by atoms with Gasteiger partial charge in [0.15, 0.2) is 0 Å². The smallest absolute Gasteiger partial charge is 0.343 e. The fraction of sp³-hybridized carbons (Fsp3) is 0.757. The Labute approximate surface area is 320 Å². The number of carbonyl (C=O) groups excluding carboxylic acids is 4. The Balaban J connectivity index is 5.42. The van der Waals surface area contributed by atoms with E-state index in [0.29, 0.717) is 0 Å². The van der Waals surface area contributed by atoms with Crippen LogP contribution < -0.4 is 0 Å². The van der Waals surface area contributed by atoms with Crippen LogP contribution in [0.1, 0.15) is 111 Å². The van der Waals surface area contributed by atoms with Crippen molar-refractivity contribution >= 4 is 44.8 Å². The van der Waals surface area contributed by atoms with E-state index in [2.05, 4.69) is 24.8 Å². The average Bonchev–Trinajstić information content (AvgIpc) is 3.33. The van der Waals surface area contributed by atoms with E-state index in [4.69, 9.17) is 28.5 Å². The molecule has 0 N–H and O–H groups in total. The molecule has 0 atom stereocenters. The van der Waals surface area contributed by atoms with Crippen LogP contribution in [0.25, 0.3) is 0 Å². The number of nitrogens with zero attached hydrogens (tertiary/aromatic N) is 6. The molecule has 0 aromatic carbocycles. The van der Waals surface area contributed by atoms with Crippen molar-refractivity contribution in [2.24, 2.45) is 9.51 Å². The van der Waals surface area contributed by atoms with E-state index in [9.17, 15) is 19.2 Å². The van der Waals surface area contributed by atoms with Gasteiger partial charge in [-0.05, 0) is 111 Å². The van der Waals surface area contributed by atoms with Gasteiger partial charge < -0.3 is 23.7 Å². The number of methoxy groups -OCH3 is 4. The van der Waals surface area contributed by atoms with E-state index in [1.807, 2.05) is 111 Å². The fourth-order valence-electron chi connectivity index (χ4n) is 7.71. The topological polar surface area (TPSA) is 143 Å². The van der Waals surface area contributed by atoms with Gasteiger partial charge in [0.25, 0.3) is 7.71 Å². The summed E-state index contributed by atoms with van der Waals surface area (Å²) in [5.41, 5.74) is -0.156. The van der Waals surface area contributed by atoms with Gasteiger partial charge in [0, 0.05) is 48.3 Å². The fourth-order valence-corrected chi connectivity index (χ4v) is 17.2. The third-order valence-electron chi connectivity index (χ3n) is 8.60. The number of rotatable bonds is 18. The zero-order valence-corrected chi connectivity index (χ0v) is 37.8. The van der Waals surface area contributed by atoms with Crippen LogP contribution in [0.5, 0.6) is 0 Å². The van der Waals surface area contributed by atoms with Gasteiger partial charge >= 0.3 is 11.9 Å². The first-order chi connectivity index (χ1) is 24.4. The van der Waals surface area contributed by atoms with Crippen LogP contribution in [0.2, 0.25) is 0 Å².